The molecule has 1 aliphatic rings. The van der Waals surface area contributed by atoms with Crippen LogP contribution >= 0.6 is 0 Å². The number of rotatable bonds is 3. The van der Waals surface area contributed by atoms with E-state index < -0.39 is 11.4 Å². The Kier molecular flexibility index (Phi) is 2.49. The average molecular weight is 252 g/mol. The van der Waals surface area contributed by atoms with Crippen molar-refractivity contribution < 1.29 is 9.90 Å². The first-order chi connectivity index (χ1) is 9.11. The Balaban J connectivity index is 2.18. The lowest BCUT2D eigenvalue weighted by Crippen LogP contribution is -2.24. The molecule has 0 bridgehead atoms. The Morgan fingerprint density at radius 1 is 0.947 bits per heavy atom. The average Bonchev–Trinajstić information content (AvgIpc) is 3.10. The van der Waals surface area contributed by atoms with Crippen LogP contribution in [0.25, 0.3) is 0 Å². The summed E-state index contributed by atoms with van der Waals surface area (Å²) in [5.74, 6) is -0.722. The molecule has 1 saturated carbocycles. The molecular formula is C17H16O2. The fraction of sp³-hybridized carbons (Fsp3) is 0.235. The Morgan fingerprint density at radius 3 is 1.68 bits per heavy atom. The van der Waals surface area contributed by atoms with E-state index in [0.29, 0.717) is 6.42 Å². The maximum atomic E-state index is 11.6. The second-order valence-electron chi connectivity index (χ2n) is 5.45. The maximum Gasteiger partial charge on any atom is 0.310 e. The van der Waals surface area contributed by atoms with Gasteiger partial charge < -0.3 is 5.11 Å². The second kappa shape index (κ2) is 3.95. The standard InChI is InChI=1S/C17H16O2/c1-16(15(18)19)12-17(16,13-8-4-2-5-9-13)14-10-6-3-7-11-14/h2-11H,12H2,1H3,(H,18,19)/t16-/m0/s1. The molecule has 0 unspecified atom stereocenters. The highest BCUT2D eigenvalue weighted by molar-refractivity contribution is 5.84. The van der Waals surface area contributed by atoms with Gasteiger partial charge in [-0.05, 0) is 24.5 Å². The molecule has 2 aromatic rings. The largest absolute Gasteiger partial charge is 0.481 e. The first-order valence-corrected chi connectivity index (χ1v) is 6.46. The van der Waals surface area contributed by atoms with Crippen LogP contribution in [0.1, 0.15) is 24.5 Å². The highest BCUT2D eigenvalue weighted by Crippen LogP contribution is 2.68. The van der Waals surface area contributed by atoms with Crippen molar-refractivity contribution in [3.05, 3.63) is 71.8 Å². The van der Waals surface area contributed by atoms with Gasteiger partial charge >= 0.3 is 5.97 Å². The first-order valence-electron chi connectivity index (χ1n) is 6.46. The van der Waals surface area contributed by atoms with Gasteiger partial charge in [-0.1, -0.05) is 60.7 Å². The summed E-state index contributed by atoms with van der Waals surface area (Å²) >= 11 is 0. The zero-order chi connectivity index (χ0) is 13.5. The van der Waals surface area contributed by atoms with Crippen LogP contribution in [0.15, 0.2) is 60.7 Å². The lowest BCUT2D eigenvalue weighted by atomic mass is 9.81. The molecule has 1 atom stereocenters. The summed E-state index contributed by atoms with van der Waals surface area (Å²) in [5.41, 5.74) is 1.08. The fourth-order valence-corrected chi connectivity index (χ4v) is 3.20. The molecule has 0 radical (unpaired) electrons. The van der Waals surface area contributed by atoms with Crippen LogP contribution in [-0.4, -0.2) is 11.1 Å². The lowest BCUT2D eigenvalue weighted by Gasteiger charge is -2.21. The van der Waals surface area contributed by atoms with Crippen molar-refractivity contribution in [2.45, 2.75) is 18.8 Å². The highest BCUT2D eigenvalue weighted by atomic mass is 16.4. The van der Waals surface area contributed by atoms with E-state index in [1.165, 1.54) is 0 Å². The number of carboxylic acids is 1. The first kappa shape index (κ1) is 12.0. The number of carboxylic acid groups (broad SMARTS) is 1. The molecule has 96 valence electrons. The summed E-state index contributed by atoms with van der Waals surface area (Å²) in [4.78, 5) is 11.6. The van der Waals surface area contributed by atoms with Crippen molar-refractivity contribution >= 4 is 5.97 Å². The Labute approximate surface area is 112 Å². The summed E-state index contributed by atoms with van der Waals surface area (Å²) in [6, 6.07) is 19.9. The summed E-state index contributed by atoms with van der Waals surface area (Å²) in [7, 11) is 0. The summed E-state index contributed by atoms with van der Waals surface area (Å²) < 4.78 is 0. The molecule has 1 N–H and O–H groups in total. The van der Waals surface area contributed by atoms with Gasteiger partial charge in [0, 0.05) is 5.41 Å². The fourth-order valence-electron chi connectivity index (χ4n) is 3.20. The number of carbonyl (C=O) groups is 1. The molecule has 2 nitrogen and oxygen atoms in total. The van der Waals surface area contributed by atoms with E-state index in [1.807, 2.05) is 67.6 Å². The third-order valence-corrected chi connectivity index (χ3v) is 4.44. The second-order valence-corrected chi connectivity index (χ2v) is 5.45. The molecule has 2 aromatic carbocycles. The Morgan fingerprint density at radius 2 is 1.37 bits per heavy atom. The van der Waals surface area contributed by atoms with E-state index in [9.17, 15) is 9.90 Å². The van der Waals surface area contributed by atoms with Gasteiger partial charge in [0.15, 0.2) is 0 Å². The predicted molar refractivity (Wildman–Crippen MR) is 74.0 cm³/mol. The summed E-state index contributed by atoms with van der Waals surface area (Å²) in [5, 5.41) is 9.57. The van der Waals surface area contributed by atoms with Crippen LogP contribution in [0, 0.1) is 5.41 Å². The number of hydrogen-bond acceptors (Lipinski definition) is 1. The van der Waals surface area contributed by atoms with Gasteiger partial charge in [0.1, 0.15) is 0 Å². The van der Waals surface area contributed by atoms with Crippen LogP contribution in [-0.2, 0) is 10.2 Å². The van der Waals surface area contributed by atoms with E-state index in [-0.39, 0.29) is 5.41 Å². The molecule has 0 spiro atoms. The van der Waals surface area contributed by atoms with Gasteiger partial charge in [-0.15, -0.1) is 0 Å². The van der Waals surface area contributed by atoms with Gasteiger partial charge in [-0.3, -0.25) is 4.79 Å². The molecule has 0 saturated heterocycles. The van der Waals surface area contributed by atoms with E-state index in [0.717, 1.165) is 11.1 Å². The lowest BCUT2D eigenvalue weighted by molar-refractivity contribution is -0.143. The van der Waals surface area contributed by atoms with Crippen molar-refractivity contribution in [3.8, 4) is 0 Å². The smallest absolute Gasteiger partial charge is 0.310 e. The van der Waals surface area contributed by atoms with E-state index in [1.54, 1.807) is 0 Å². The summed E-state index contributed by atoms with van der Waals surface area (Å²) in [6.07, 6.45) is 0.656. The van der Waals surface area contributed by atoms with Crippen molar-refractivity contribution in [3.63, 3.8) is 0 Å². The molecule has 19 heavy (non-hydrogen) atoms. The zero-order valence-electron chi connectivity index (χ0n) is 10.8. The molecule has 0 aliphatic heterocycles. The third-order valence-electron chi connectivity index (χ3n) is 4.44. The molecule has 0 amide bonds. The van der Waals surface area contributed by atoms with Crippen LogP contribution in [0.2, 0.25) is 0 Å². The minimum absolute atomic E-state index is 0.388. The number of aliphatic carboxylic acids is 1. The SMILES string of the molecule is C[C@@]1(C(=O)O)CC1(c1ccccc1)c1ccccc1. The van der Waals surface area contributed by atoms with Crippen LogP contribution in [0.5, 0.6) is 0 Å². The third kappa shape index (κ3) is 1.53. The van der Waals surface area contributed by atoms with Gasteiger partial charge in [-0.25, -0.2) is 0 Å². The van der Waals surface area contributed by atoms with Crippen molar-refractivity contribution in [1.29, 1.82) is 0 Å². The topological polar surface area (TPSA) is 37.3 Å². The van der Waals surface area contributed by atoms with Gasteiger partial charge in [0.25, 0.3) is 0 Å². The van der Waals surface area contributed by atoms with E-state index in [4.69, 9.17) is 0 Å². The molecular weight excluding hydrogens is 236 g/mol. The van der Waals surface area contributed by atoms with Crippen molar-refractivity contribution in [2.24, 2.45) is 5.41 Å². The van der Waals surface area contributed by atoms with Crippen molar-refractivity contribution in [2.75, 3.05) is 0 Å². The zero-order valence-corrected chi connectivity index (χ0v) is 10.8. The predicted octanol–water partition coefficient (Wildman–Crippen LogP) is 3.47. The van der Waals surface area contributed by atoms with E-state index >= 15 is 0 Å². The van der Waals surface area contributed by atoms with E-state index in [2.05, 4.69) is 0 Å². The molecule has 0 heterocycles. The molecule has 1 fully saturated rings. The minimum atomic E-state index is -0.722. The number of hydrogen-bond donors (Lipinski definition) is 1. The normalized spacial score (nSPS) is 23.8. The quantitative estimate of drug-likeness (QED) is 0.908. The maximum absolute atomic E-state index is 11.6. The minimum Gasteiger partial charge on any atom is -0.481 e. The molecule has 0 aromatic heterocycles. The molecule has 1 aliphatic carbocycles. The Hall–Kier alpha value is -2.09. The van der Waals surface area contributed by atoms with Gasteiger partial charge in [0.2, 0.25) is 0 Å². The Bertz CT molecular complexity index is 564. The molecule has 2 heteroatoms. The number of benzene rings is 2. The highest BCUT2D eigenvalue weighted by Gasteiger charge is 2.70. The molecule has 3 rings (SSSR count). The monoisotopic (exact) mass is 252 g/mol. The van der Waals surface area contributed by atoms with Gasteiger partial charge in [0.05, 0.1) is 5.41 Å². The van der Waals surface area contributed by atoms with Crippen LogP contribution in [0.4, 0.5) is 0 Å². The van der Waals surface area contributed by atoms with Gasteiger partial charge in [-0.2, -0.15) is 0 Å². The van der Waals surface area contributed by atoms with Crippen LogP contribution in [0.3, 0.4) is 0 Å². The van der Waals surface area contributed by atoms with Crippen LogP contribution < -0.4 is 0 Å². The van der Waals surface area contributed by atoms with Crippen molar-refractivity contribution in [1.82, 2.24) is 0 Å². The summed E-state index contributed by atoms with van der Waals surface area (Å²) in [6.45, 7) is 1.84.